The molecule has 0 atom stereocenters. The van der Waals surface area contributed by atoms with Gasteiger partial charge in [-0.15, -0.1) is 13.2 Å². The summed E-state index contributed by atoms with van der Waals surface area (Å²) in [6.45, 7) is 0. The topological polar surface area (TPSA) is 9.23 Å². The van der Waals surface area contributed by atoms with Crippen LogP contribution >= 0.6 is 15.9 Å². The number of rotatable bonds is 3. The van der Waals surface area contributed by atoms with E-state index in [1.54, 1.807) is 0 Å². The van der Waals surface area contributed by atoms with Crippen molar-refractivity contribution in [1.82, 2.24) is 0 Å². The van der Waals surface area contributed by atoms with Gasteiger partial charge in [0.05, 0.1) is 5.56 Å². The van der Waals surface area contributed by atoms with E-state index in [9.17, 15) is 26.3 Å². The molecule has 0 bridgehead atoms. The fourth-order valence-corrected chi connectivity index (χ4v) is 2.35. The first-order valence-electron chi connectivity index (χ1n) is 6.22. The molecular formula is C15H9BrF6O. The van der Waals surface area contributed by atoms with Crippen LogP contribution in [-0.4, -0.2) is 6.36 Å². The molecule has 23 heavy (non-hydrogen) atoms. The molecule has 124 valence electrons. The number of halogens is 7. The van der Waals surface area contributed by atoms with Crippen molar-refractivity contribution in [2.45, 2.75) is 17.9 Å². The van der Waals surface area contributed by atoms with Gasteiger partial charge in [0.1, 0.15) is 5.75 Å². The Bertz CT molecular complexity index is 676. The average molecular weight is 399 g/mol. The van der Waals surface area contributed by atoms with Gasteiger partial charge in [0.2, 0.25) is 0 Å². The predicted octanol–water partition coefficient (Wildman–Crippen LogP) is 6.17. The Labute approximate surface area is 136 Å². The molecule has 0 spiro atoms. The maximum atomic E-state index is 13.1. The quantitative estimate of drug-likeness (QED) is 0.444. The molecular weight excluding hydrogens is 390 g/mol. The van der Waals surface area contributed by atoms with Crippen molar-refractivity contribution in [2.75, 3.05) is 0 Å². The van der Waals surface area contributed by atoms with Crippen molar-refractivity contribution in [1.29, 1.82) is 0 Å². The van der Waals surface area contributed by atoms with Crippen LogP contribution in [0.2, 0.25) is 0 Å². The van der Waals surface area contributed by atoms with Crippen molar-refractivity contribution in [3.8, 4) is 16.9 Å². The molecule has 0 aliphatic rings. The van der Waals surface area contributed by atoms with Crippen LogP contribution in [0.15, 0.2) is 42.5 Å². The summed E-state index contributed by atoms with van der Waals surface area (Å²) in [5.41, 5.74) is -0.196. The van der Waals surface area contributed by atoms with Gasteiger partial charge in [0.25, 0.3) is 0 Å². The first-order chi connectivity index (χ1) is 10.6. The molecule has 0 aliphatic carbocycles. The highest BCUT2D eigenvalue weighted by Crippen LogP contribution is 2.38. The lowest BCUT2D eigenvalue weighted by molar-refractivity contribution is -0.274. The summed E-state index contributed by atoms with van der Waals surface area (Å²) in [5.74, 6) is -0.494. The normalized spacial score (nSPS) is 12.3. The minimum absolute atomic E-state index is 0.104. The van der Waals surface area contributed by atoms with E-state index in [0.29, 0.717) is 10.9 Å². The fourth-order valence-electron chi connectivity index (χ4n) is 2.00. The van der Waals surface area contributed by atoms with Crippen LogP contribution in [0.5, 0.6) is 5.75 Å². The highest BCUT2D eigenvalue weighted by atomic mass is 79.9. The third-order valence-electron chi connectivity index (χ3n) is 2.94. The Morgan fingerprint density at radius 2 is 1.48 bits per heavy atom. The Morgan fingerprint density at radius 3 is 1.96 bits per heavy atom. The van der Waals surface area contributed by atoms with E-state index in [4.69, 9.17) is 0 Å². The minimum Gasteiger partial charge on any atom is -0.406 e. The molecule has 0 aromatic heterocycles. The number of ether oxygens (including phenoxy) is 1. The van der Waals surface area contributed by atoms with Gasteiger partial charge >= 0.3 is 12.5 Å². The summed E-state index contributed by atoms with van der Waals surface area (Å²) < 4.78 is 79.3. The van der Waals surface area contributed by atoms with E-state index >= 15 is 0 Å². The largest absolute Gasteiger partial charge is 0.573 e. The van der Waals surface area contributed by atoms with Crippen LogP contribution < -0.4 is 4.74 Å². The second-order valence-corrected chi connectivity index (χ2v) is 5.14. The van der Waals surface area contributed by atoms with Gasteiger partial charge in [-0.25, -0.2) is 0 Å². The van der Waals surface area contributed by atoms with Crippen LogP contribution in [0.4, 0.5) is 26.3 Å². The predicted molar refractivity (Wildman–Crippen MR) is 76.2 cm³/mol. The molecule has 0 unspecified atom stereocenters. The van der Waals surface area contributed by atoms with Gasteiger partial charge in [-0.1, -0.05) is 34.1 Å². The highest BCUT2D eigenvalue weighted by molar-refractivity contribution is 9.08. The Balaban J connectivity index is 2.44. The van der Waals surface area contributed by atoms with E-state index in [1.165, 1.54) is 12.1 Å². The van der Waals surface area contributed by atoms with Gasteiger partial charge in [-0.2, -0.15) is 13.2 Å². The molecule has 0 aliphatic heterocycles. The molecule has 0 saturated heterocycles. The van der Waals surface area contributed by atoms with Gasteiger partial charge in [-0.3, -0.25) is 0 Å². The third-order valence-corrected chi connectivity index (χ3v) is 3.59. The maximum absolute atomic E-state index is 13.1. The Hall–Kier alpha value is -1.70. The number of alkyl halides is 7. The number of hydrogen-bond donors (Lipinski definition) is 0. The summed E-state index contributed by atoms with van der Waals surface area (Å²) in [6, 6.07) is 7.90. The lowest BCUT2D eigenvalue weighted by atomic mass is 9.97. The number of benzene rings is 2. The smallest absolute Gasteiger partial charge is 0.406 e. The van der Waals surface area contributed by atoms with E-state index in [1.807, 2.05) is 0 Å². The van der Waals surface area contributed by atoms with E-state index in [0.717, 1.165) is 30.3 Å². The lowest BCUT2D eigenvalue weighted by Crippen LogP contribution is -2.17. The van der Waals surface area contributed by atoms with Crippen LogP contribution in [0.3, 0.4) is 0 Å². The number of hydrogen-bond acceptors (Lipinski definition) is 1. The van der Waals surface area contributed by atoms with E-state index in [-0.39, 0.29) is 11.1 Å². The fraction of sp³-hybridized carbons (Fsp3) is 0.200. The summed E-state index contributed by atoms with van der Waals surface area (Å²) in [4.78, 5) is 0. The summed E-state index contributed by atoms with van der Waals surface area (Å²) in [6.07, 6.45) is -9.42. The first kappa shape index (κ1) is 17.7. The molecule has 2 aromatic carbocycles. The van der Waals surface area contributed by atoms with Crippen molar-refractivity contribution in [2.24, 2.45) is 0 Å². The molecule has 0 N–H and O–H groups in total. The molecule has 0 radical (unpaired) electrons. The molecule has 0 saturated carbocycles. The van der Waals surface area contributed by atoms with Crippen LogP contribution in [-0.2, 0) is 11.5 Å². The van der Waals surface area contributed by atoms with Crippen molar-refractivity contribution in [3.05, 3.63) is 53.6 Å². The monoisotopic (exact) mass is 398 g/mol. The van der Waals surface area contributed by atoms with E-state index < -0.39 is 23.9 Å². The summed E-state index contributed by atoms with van der Waals surface area (Å²) in [5, 5.41) is 0.355. The standard InChI is InChI=1S/C15H9BrF6O/c16-8-9-1-6-13(14(17,18)19)12(7-9)10-2-4-11(5-3-10)23-15(20,21)22/h1-7H,8H2. The molecule has 1 nitrogen and oxygen atoms in total. The summed E-state index contributed by atoms with van der Waals surface area (Å²) in [7, 11) is 0. The zero-order valence-electron chi connectivity index (χ0n) is 11.3. The van der Waals surface area contributed by atoms with Gasteiger partial charge in [0, 0.05) is 5.33 Å². The Morgan fingerprint density at radius 1 is 0.870 bits per heavy atom. The Kier molecular flexibility index (Phi) is 4.93. The van der Waals surface area contributed by atoms with Gasteiger partial charge in [-0.05, 0) is 41.0 Å². The average Bonchev–Trinajstić information content (AvgIpc) is 2.45. The molecule has 0 fully saturated rings. The molecule has 8 heteroatoms. The minimum atomic E-state index is -4.85. The lowest BCUT2D eigenvalue weighted by Gasteiger charge is -2.15. The molecule has 0 heterocycles. The molecule has 2 rings (SSSR count). The van der Waals surface area contributed by atoms with Crippen molar-refractivity contribution < 1.29 is 31.1 Å². The van der Waals surface area contributed by atoms with Gasteiger partial charge < -0.3 is 4.74 Å². The third kappa shape index (κ3) is 4.63. The first-order valence-corrected chi connectivity index (χ1v) is 7.34. The van der Waals surface area contributed by atoms with Crippen LogP contribution in [0.25, 0.3) is 11.1 Å². The molecule has 0 amide bonds. The van der Waals surface area contributed by atoms with Gasteiger partial charge in [0.15, 0.2) is 0 Å². The van der Waals surface area contributed by atoms with E-state index in [2.05, 4.69) is 20.7 Å². The van der Waals surface area contributed by atoms with Crippen LogP contribution in [0.1, 0.15) is 11.1 Å². The maximum Gasteiger partial charge on any atom is 0.573 e. The van der Waals surface area contributed by atoms with Crippen molar-refractivity contribution >= 4 is 15.9 Å². The second-order valence-electron chi connectivity index (χ2n) is 4.58. The SMILES string of the molecule is FC(F)(F)Oc1ccc(-c2cc(CBr)ccc2C(F)(F)F)cc1. The zero-order valence-corrected chi connectivity index (χ0v) is 12.9. The highest BCUT2D eigenvalue weighted by Gasteiger charge is 2.34. The van der Waals surface area contributed by atoms with Crippen molar-refractivity contribution in [3.63, 3.8) is 0 Å². The zero-order chi connectivity index (χ0) is 17.3. The van der Waals surface area contributed by atoms with Crippen LogP contribution in [0, 0.1) is 0 Å². The molecule has 2 aromatic rings. The summed E-state index contributed by atoms with van der Waals surface area (Å²) >= 11 is 3.16. The second kappa shape index (κ2) is 6.43.